The van der Waals surface area contributed by atoms with Crippen molar-refractivity contribution in [1.82, 2.24) is 10.3 Å². The van der Waals surface area contributed by atoms with E-state index in [1.54, 1.807) is 18.3 Å². The number of carboxylic acids is 1. The molecular formula is C16H18N2O3S. The number of rotatable bonds is 6. The third-order valence-electron chi connectivity index (χ3n) is 3.59. The monoisotopic (exact) mass is 318 g/mol. The summed E-state index contributed by atoms with van der Waals surface area (Å²) in [4.78, 5) is 27.3. The molecule has 0 saturated carbocycles. The topological polar surface area (TPSA) is 79.3 Å². The van der Waals surface area contributed by atoms with Gasteiger partial charge in [0.15, 0.2) is 0 Å². The molecule has 2 aromatic rings. The minimum absolute atomic E-state index is 0.109. The van der Waals surface area contributed by atoms with Crippen LogP contribution in [0.4, 0.5) is 0 Å². The zero-order valence-corrected chi connectivity index (χ0v) is 13.3. The Morgan fingerprint density at radius 2 is 2.00 bits per heavy atom. The van der Waals surface area contributed by atoms with Gasteiger partial charge in [0.25, 0.3) is 0 Å². The highest BCUT2D eigenvalue weighted by atomic mass is 32.1. The molecule has 0 aliphatic carbocycles. The Hall–Kier alpha value is -2.21. The van der Waals surface area contributed by atoms with Crippen LogP contribution in [-0.4, -0.2) is 22.0 Å². The number of carbonyl (C=O) groups excluding carboxylic acids is 1. The molecule has 0 spiro atoms. The van der Waals surface area contributed by atoms with Gasteiger partial charge in [0.2, 0.25) is 5.91 Å². The van der Waals surface area contributed by atoms with E-state index in [1.807, 2.05) is 19.2 Å². The maximum Gasteiger partial charge on any atom is 0.335 e. The number of benzene rings is 1. The summed E-state index contributed by atoms with van der Waals surface area (Å²) < 4.78 is 0. The van der Waals surface area contributed by atoms with Gasteiger partial charge in [-0.1, -0.05) is 19.1 Å². The molecule has 0 aliphatic rings. The van der Waals surface area contributed by atoms with E-state index in [0.717, 1.165) is 17.0 Å². The van der Waals surface area contributed by atoms with E-state index in [0.29, 0.717) is 0 Å². The first-order chi connectivity index (χ1) is 10.4. The summed E-state index contributed by atoms with van der Waals surface area (Å²) in [5.74, 6) is -1.08. The van der Waals surface area contributed by atoms with E-state index in [-0.39, 0.29) is 17.9 Å². The first kappa shape index (κ1) is 16.2. The van der Waals surface area contributed by atoms with Crippen LogP contribution in [-0.2, 0) is 16.8 Å². The molecule has 1 unspecified atom stereocenters. The molecular weight excluding hydrogens is 300 g/mol. The summed E-state index contributed by atoms with van der Waals surface area (Å²) in [6.45, 7) is 3.96. The van der Waals surface area contributed by atoms with E-state index in [4.69, 9.17) is 5.11 Å². The molecule has 22 heavy (non-hydrogen) atoms. The molecule has 2 rings (SSSR count). The second-order valence-electron chi connectivity index (χ2n) is 5.25. The van der Waals surface area contributed by atoms with Gasteiger partial charge in [-0.15, -0.1) is 11.3 Å². The van der Waals surface area contributed by atoms with E-state index in [9.17, 15) is 9.59 Å². The van der Waals surface area contributed by atoms with Crippen LogP contribution in [0, 0.1) is 0 Å². The number of nitrogens with one attached hydrogen (secondary N) is 1. The highest BCUT2D eigenvalue weighted by Crippen LogP contribution is 2.26. The second-order valence-corrected chi connectivity index (χ2v) is 6.14. The van der Waals surface area contributed by atoms with Gasteiger partial charge < -0.3 is 10.4 Å². The van der Waals surface area contributed by atoms with Crippen LogP contribution >= 0.6 is 11.3 Å². The molecule has 0 radical (unpaired) electrons. The van der Waals surface area contributed by atoms with Gasteiger partial charge in [0.05, 0.1) is 17.5 Å². The second kappa shape index (κ2) is 6.70. The Balaban J connectivity index is 2.04. The van der Waals surface area contributed by atoms with E-state index in [2.05, 4.69) is 10.3 Å². The number of aromatic carboxylic acids is 1. The van der Waals surface area contributed by atoms with Crippen LogP contribution in [0.5, 0.6) is 0 Å². The van der Waals surface area contributed by atoms with Gasteiger partial charge in [0, 0.05) is 11.6 Å². The number of carbonyl (C=O) groups is 2. The lowest BCUT2D eigenvalue weighted by Gasteiger charge is -2.27. The Morgan fingerprint density at radius 3 is 2.50 bits per heavy atom. The zero-order valence-electron chi connectivity index (χ0n) is 12.5. The molecule has 1 aromatic heterocycles. The summed E-state index contributed by atoms with van der Waals surface area (Å²) >= 11 is 1.52. The number of nitrogens with zero attached hydrogens (tertiary/aromatic N) is 1. The fraction of sp³-hybridized carbons (Fsp3) is 0.312. The lowest BCUT2D eigenvalue weighted by Crippen LogP contribution is -2.43. The van der Waals surface area contributed by atoms with Crippen LogP contribution < -0.4 is 5.32 Å². The predicted molar refractivity (Wildman–Crippen MR) is 85.0 cm³/mol. The smallest absolute Gasteiger partial charge is 0.335 e. The number of thiazole rings is 1. The van der Waals surface area contributed by atoms with Crippen molar-refractivity contribution in [2.24, 2.45) is 0 Å². The maximum absolute atomic E-state index is 12.3. The normalized spacial score (nSPS) is 13.4. The van der Waals surface area contributed by atoms with Gasteiger partial charge in [-0.2, -0.15) is 0 Å². The van der Waals surface area contributed by atoms with Gasteiger partial charge in [-0.05, 0) is 31.0 Å². The van der Waals surface area contributed by atoms with Gasteiger partial charge in [-0.25, -0.2) is 9.78 Å². The van der Waals surface area contributed by atoms with Crippen LogP contribution in [0.2, 0.25) is 0 Å². The Kier molecular flexibility index (Phi) is 4.92. The van der Waals surface area contributed by atoms with E-state index in [1.165, 1.54) is 23.5 Å². The van der Waals surface area contributed by atoms with Crippen molar-refractivity contribution in [2.75, 3.05) is 0 Å². The minimum Gasteiger partial charge on any atom is -0.478 e. The summed E-state index contributed by atoms with van der Waals surface area (Å²) in [6.07, 6.45) is 2.68. The molecule has 5 nitrogen and oxygen atoms in total. The Labute approximate surface area is 133 Å². The van der Waals surface area contributed by atoms with Crippen molar-refractivity contribution >= 4 is 23.2 Å². The Morgan fingerprint density at radius 1 is 1.32 bits per heavy atom. The first-order valence-corrected chi connectivity index (χ1v) is 7.86. The predicted octanol–water partition coefficient (Wildman–Crippen LogP) is 2.83. The molecule has 116 valence electrons. The van der Waals surface area contributed by atoms with Crippen LogP contribution in [0.15, 0.2) is 35.8 Å². The summed E-state index contributed by atoms with van der Waals surface area (Å²) in [7, 11) is 0. The minimum atomic E-state index is -0.974. The summed E-state index contributed by atoms with van der Waals surface area (Å²) in [5, 5.41) is 14.7. The van der Waals surface area contributed by atoms with Crippen LogP contribution in [0.1, 0.15) is 41.2 Å². The number of aromatic nitrogens is 1. The largest absolute Gasteiger partial charge is 0.478 e. The van der Waals surface area contributed by atoms with Gasteiger partial charge in [-0.3, -0.25) is 4.79 Å². The fourth-order valence-electron chi connectivity index (χ4n) is 2.09. The molecule has 0 bridgehead atoms. The number of hydrogen-bond donors (Lipinski definition) is 2. The first-order valence-electron chi connectivity index (χ1n) is 6.98. The average molecular weight is 318 g/mol. The lowest BCUT2D eigenvalue weighted by molar-refractivity contribution is -0.122. The number of carboxylic acid groups (broad SMARTS) is 1. The molecule has 0 aliphatic heterocycles. The maximum atomic E-state index is 12.3. The third kappa shape index (κ3) is 3.71. The SMILES string of the molecule is CCC(C)(NC(=O)Cc1ccc(C(=O)O)cc1)c1nccs1. The standard InChI is InChI=1S/C16H18N2O3S/c1-3-16(2,15-17-8-9-22-15)18-13(19)10-11-4-6-12(7-5-11)14(20)21/h4-9H,3,10H2,1-2H3,(H,18,19)(H,20,21). The zero-order chi connectivity index (χ0) is 16.2. The average Bonchev–Trinajstić information content (AvgIpc) is 3.02. The van der Waals surface area contributed by atoms with Crippen LogP contribution in [0.25, 0.3) is 0 Å². The quantitative estimate of drug-likeness (QED) is 0.858. The van der Waals surface area contributed by atoms with Crippen molar-refractivity contribution in [1.29, 1.82) is 0 Å². The van der Waals surface area contributed by atoms with Crippen molar-refractivity contribution in [3.63, 3.8) is 0 Å². The van der Waals surface area contributed by atoms with Gasteiger partial charge >= 0.3 is 5.97 Å². The van der Waals surface area contributed by atoms with Crippen LogP contribution in [0.3, 0.4) is 0 Å². The van der Waals surface area contributed by atoms with Gasteiger partial charge in [0.1, 0.15) is 5.01 Å². The highest BCUT2D eigenvalue weighted by Gasteiger charge is 2.29. The highest BCUT2D eigenvalue weighted by molar-refractivity contribution is 7.09. The molecule has 1 heterocycles. The number of amides is 1. The lowest BCUT2D eigenvalue weighted by atomic mass is 9.99. The molecule has 0 saturated heterocycles. The fourth-order valence-corrected chi connectivity index (χ4v) is 2.92. The van der Waals surface area contributed by atoms with Crippen molar-refractivity contribution in [3.05, 3.63) is 52.0 Å². The van der Waals surface area contributed by atoms with Crippen molar-refractivity contribution in [2.45, 2.75) is 32.2 Å². The molecule has 6 heteroatoms. The molecule has 2 N–H and O–H groups in total. The molecule has 0 fully saturated rings. The number of hydrogen-bond acceptors (Lipinski definition) is 4. The summed E-state index contributed by atoms with van der Waals surface area (Å²) in [5.41, 5.74) is 0.511. The molecule has 1 atom stereocenters. The van der Waals surface area contributed by atoms with E-state index >= 15 is 0 Å². The molecule has 1 amide bonds. The third-order valence-corrected chi connectivity index (χ3v) is 4.63. The Bertz CT molecular complexity index is 653. The summed E-state index contributed by atoms with van der Waals surface area (Å²) in [6, 6.07) is 6.33. The van der Waals surface area contributed by atoms with Crippen molar-refractivity contribution < 1.29 is 14.7 Å². The molecule has 1 aromatic carbocycles. The van der Waals surface area contributed by atoms with E-state index < -0.39 is 11.5 Å². The van der Waals surface area contributed by atoms with Crippen molar-refractivity contribution in [3.8, 4) is 0 Å².